The summed E-state index contributed by atoms with van der Waals surface area (Å²) < 4.78 is 41.7. The van der Waals surface area contributed by atoms with Crippen molar-refractivity contribution in [3.05, 3.63) is 17.7 Å². The summed E-state index contributed by atoms with van der Waals surface area (Å²) in [6.45, 7) is 0. The lowest BCUT2D eigenvalue weighted by Gasteiger charge is -2.45. The molecular weight excluding hydrogens is 394 g/mol. The third-order valence-electron chi connectivity index (χ3n) is 5.59. The molecule has 0 saturated heterocycles. The van der Waals surface area contributed by atoms with E-state index in [1.54, 1.807) is 25.1 Å². The van der Waals surface area contributed by atoms with Crippen molar-refractivity contribution in [1.29, 1.82) is 0 Å². The van der Waals surface area contributed by atoms with E-state index in [1.807, 2.05) is 0 Å². The van der Waals surface area contributed by atoms with Crippen LogP contribution in [0.1, 0.15) is 44.1 Å². The van der Waals surface area contributed by atoms with Crippen LogP contribution in [0.3, 0.4) is 0 Å². The Bertz CT molecular complexity index is 920. The van der Waals surface area contributed by atoms with Crippen molar-refractivity contribution in [3.63, 3.8) is 0 Å². The summed E-state index contributed by atoms with van der Waals surface area (Å²) in [6.07, 6.45) is 4.51. The summed E-state index contributed by atoms with van der Waals surface area (Å²) in [4.78, 5) is 14.3. The minimum absolute atomic E-state index is 0.0650. The normalized spacial score (nSPS) is 22.6. The van der Waals surface area contributed by atoms with Crippen molar-refractivity contribution in [2.45, 2.75) is 55.4 Å². The fourth-order valence-corrected chi connectivity index (χ4v) is 5.38. The van der Waals surface area contributed by atoms with Gasteiger partial charge in [-0.05, 0) is 50.2 Å². The zero-order chi connectivity index (χ0) is 21.2. The van der Waals surface area contributed by atoms with E-state index in [2.05, 4.69) is 9.71 Å². The van der Waals surface area contributed by atoms with Crippen molar-refractivity contribution in [2.75, 3.05) is 28.3 Å². The number of nitrogens with one attached hydrogen (secondary N) is 1. The molecule has 1 amide bonds. The molecular formula is C20H29N3O5S. The summed E-state index contributed by atoms with van der Waals surface area (Å²) in [7, 11) is 2.46. The molecule has 1 heterocycles. The number of amidine groups is 1. The zero-order valence-electron chi connectivity index (χ0n) is 17.4. The quantitative estimate of drug-likeness (QED) is 0.783. The average molecular weight is 424 g/mol. The number of likely N-dealkylation sites (N-methyl/N-ethyl adjacent to an activating group) is 1. The number of methoxy groups -OCH3 is 2. The first kappa shape index (κ1) is 21.4. The highest BCUT2D eigenvalue weighted by molar-refractivity contribution is 7.90. The monoisotopic (exact) mass is 423 g/mol. The molecule has 1 spiro atoms. The summed E-state index contributed by atoms with van der Waals surface area (Å²) >= 11 is 0. The molecule has 8 nitrogen and oxygen atoms in total. The molecule has 29 heavy (non-hydrogen) atoms. The van der Waals surface area contributed by atoms with E-state index in [0.717, 1.165) is 6.42 Å². The molecule has 1 aromatic rings. The number of fused-ring (bicyclic) bond motifs is 1. The highest BCUT2D eigenvalue weighted by Crippen LogP contribution is 2.38. The maximum Gasteiger partial charge on any atom is 0.284 e. The molecule has 9 heteroatoms. The van der Waals surface area contributed by atoms with Crippen LogP contribution in [0, 0.1) is 0 Å². The second kappa shape index (κ2) is 8.22. The van der Waals surface area contributed by atoms with Gasteiger partial charge in [-0.3, -0.25) is 4.79 Å². The van der Waals surface area contributed by atoms with Crippen molar-refractivity contribution in [3.8, 4) is 11.5 Å². The third kappa shape index (κ3) is 4.19. The number of hydrogen-bond donors (Lipinski definition) is 1. The van der Waals surface area contributed by atoms with E-state index in [4.69, 9.17) is 9.47 Å². The van der Waals surface area contributed by atoms with Gasteiger partial charge in [0.2, 0.25) is 5.91 Å². The average Bonchev–Trinajstić information content (AvgIpc) is 2.64. The van der Waals surface area contributed by atoms with E-state index in [-0.39, 0.29) is 10.8 Å². The van der Waals surface area contributed by atoms with E-state index < -0.39 is 15.6 Å². The number of hydrogen-bond acceptors (Lipinski definition) is 6. The molecule has 0 bridgehead atoms. The van der Waals surface area contributed by atoms with Crippen LogP contribution in [0.15, 0.2) is 21.4 Å². The van der Waals surface area contributed by atoms with Crippen molar-refractivity contribution < 1.29 is 22.7 Å². The Hall–Kier alpha value is -2.29. The van der Waals surface area contributed by atoms with Crippen LogP contribution in [0.25, 0.3) is 0 Å². The molecule has 1 aromatic carbocycles. The first-order chi connectivity index (χ1) is 13.7. The Balaban J connectivity index is 2.21. The predicted octanol–water partition coefficient (Wildman–Crippen LogP) is 2.12. The zero-order valence-corrected chi connectivity index (χ0v) is 18.3. The van der Waals surface area contributed by atoms with Crippen molar-refractivity contribution in [1.82, 2.24) is 10.2 Å². The van der Waals surface area contributed by atoms with Gasteiger partial charge in [0.15, 0.2) is 11.5 Å². The van der Waals surface area contributed by atoms with Gasteiger partial charge in [-0.25, -0.2) is 0 Å². The number of sulfonamides is 1. The lowest BCUT2D eigenvalue weighted by Crippen LogP contribution is -2.62. The van der Waals surface area contributed by atoms with Gasteiger partial charge in [-0.2, -0.15) is 8.42 Å². The van der Waals surface area contributed by atoms with Gasteiger partial charge < -0.3 is 19.7 Å². The highest BCUT2D eigenvalue weighted by Gasteiger charge is 2.45. The molecule has 3 rings (SSSR count). The third-order valence-corrected chi connectivity index (χ3v) is 6.94. The molecule has 0 unspecified atom stereocenters. The fourth-order valence-electron chi connectivity index (χ4n) is 3.96. The molecule has 1 N–H and O–H groups in total. The summed E-state index contributed by atoms with van der Waals surface area (Å²) in [5.74, 6) is 1.11. The van der Waals surface area contributed by atoms with Gasteiger partial charge in [-0.1, -0.05) is 0 Å². The first-order valence-electron chi connectivity index (χ1n) is 9.81. The van der Waals surface area contributed by atoms with Crippen LogP contribution in [-0.2, 0) is 21.2 Å². The molecule has 1 saturated carbocycles. The Morgan fingerprint density at radius 3 is 2.21 bits per heavy atom. The SMILES string of the molecule is COc1cc2c(cc1OC)S(=O)(=O)/N=C(/N(C)C)C1(CCC1)NC(=O)CCCC2. The number of carbonyl (C=O) groups excluding carboxylic acids is 1. The number of rotatable bonds is 2. The van der Waals surface area contributed by atoms with Crippen LogP contribution >= 0.6 is 0 Å². The van der Waals surface area contributed by atoms with Crippen LogP contribution in [0.2, 0.25) is 0 Å². The van der Waals surface area contributed by atoms with Crippen LogP contribution < -0.4 is 14.8 Å². The lowest BCUT2D eigenvalue weighted by atomic mass is 9.75. The van der Waals surface area contributed by atoms with Crippen LogP contribution in [0.4, 0.5) is 0 Å². The Kier molecular flexibility index (Phi) is 6.07. The first-order valence-corrected chi connectivity index (χ1v) is 11.2. The molecule has 2 aliphatic rings. The molecule has 1 fully saturated rings. The summed E-state index contributed by atoms with van der Waals surface area (Å²) in [6, 6.07) is 3.18. The number of benzene rings is 1. The number of aryl methyl sites for hydroxylation is 1. The van der Waals surface area contributed by atoms with E-state index in [0.29, 0.717) is 61.4 Å². The lowest BCUT2D eigenvalue weighted by molar-refractivity contribution is -0.123. The minimum atomic E-state index is -4.03. The van der Waals surface area contributed by atoms with E-state index >= 15 is 0 Å². The maximum absolute atomic E-state index is 13.4. The highest BCUT2D eigenvalue weighted by atomic mass is 32.2. The molecule has 1 aliphatic heterocycles. The Morgan fingerprint density at radius 1 is 1.03 bits per heavy atom. The smallest absolute Gasteiger partial charge is 0.284 e. The number of ether oxygens (including phenoxy) is 2. The topological polar surface area (TPSA) is 97.3 Å². The van der Waals surface area contributed by atoms with Gasteiger partial charge >= 0.3 is 0 Å². The van der Waals surface area contributed by atoms with Gasteiger partial charge in [0, 0.05) is 26.6 Å². The molecule has 0 atom stereocenters. The van der Waals surface area contributed by atoms with E-state index in [9.17, 15) is 13.2 Å². The number of nitrogens with zero attached hydrogens (tertiary/aromatic N) is 2. The number of carbonyl (C=O) groups is 1. The second-order valence-electron chi connectivity index (χ2n) is 7.79. The Morgan fingerprint density at radius 2 is 1.66 bits per heavy atom. The molecule has 0 aromatic heterocycles. The molecule has 1 aliphatic carbocycles. The summed E-state index contributed by atoms with van der Waals surface area (Å²) in [5.41, 5.74) is -0.114. The van der Waals surface area contributed by atoms with Gasteiger partial charge in [0.1, 0.15) is 5.84 Å². The maximum atomic E-state index is 13.4. The largest absolute Gasteiger partial charge is 0.493 e. The summed E-state index contributed by atoms with van der Waals surface area (Å²) in [5, 5.41) is 3.06. The van der Waals surface area contributed by atoms with Crippen molar-refractivity contribution in [2.24, 2.45) is 4.40 Å². The van der Waals surface area contributed by atoms with Crippen molar-refractivity contribution >= 4 is 21.8 Å². The van der Waals surface area contributed by atoms with E-state index in [1.165, 1.54) is 20.3 Å². The fraction of sp³-hybridized carbons (Fsp3) is 0.600. The second-order valence-corrected chi connectivity index (χ2v) is 9.36. The Labute approximate surface area is 172 Å². The molecule has 0 radical (unpaired) electrons. The van der Waals surface area contributed by atoms with Gasteiger partial charge in [-0.15, -0.1) is 4.40 Å². The number of amides is 1. The molecule has 160 valence electrons. The minimum Gasteiger partial charge on any atom is -0.493 e. The van der Waals surface area contributed by atoms with Gasteiger partial charge in [0.05, 0.1) is 24.7 Å². The van der Waals surface area contributed by atoms with Crippen LogP contribution in [0.5, 0.6) is 11.5 Å². The predicted molar refractivity (Wildman–Crippen MR) is 110 cm³/mol. The standard InChI is InChI=1S/C20H29N3O5S/c1-23(2)19-20(10-7-11-20)21-18(24)9-6-5-8-14-12-15(27-3)16(28-4)13-17(14)29(25,26)22-19/h12-13H,5-11H2,1-4H3,(H,21,24)/b22-19+. The van der Waals surface area contributed by atoms with Gasteiger partial charge in [0.25, 0.3) is 10.0 Å². The van der Waals surface area contributed by atoms with Crippen LogP contribution in [-0.4, -0.2) is 58.9 Å².